The Kier molecular flexibility index (Phi) is 5.26. The second-order valence-corrected chi connectivity index (χ2v) is 6.52. The van der Waals surface area contributed by atoms with Crippen LogP contribution in [0.15, 0.2) is 47.3 Å². The van der Waals surface area contributed by atoms with Gasteiger partial charge in [-0.25, -0.2) is 4.39 Å². The van der Waals surface area contributed by atoms with Crippen LogP contribution in [0, 0.1) is 26.6 Å². The maximum Gasteiger partial charge on any atom is 0.280 e. The molecule has 1 amide bonds. The van der Waals surface area contributed by atoms with Gasteiger partial charge in [0.1, 0.15) is 5.82 Å². The van der Waals surface area contributed by atoms with Crippen LogP contribution in [0.2, 0.25) is 0 Å². The van der Waals surface area contributed by atoms with E-state index in [1.165, 1.54) is 37.4 Å². The Labute approximate surface area is 161 Å². The Bertz CT molecular complexity index is 1080. The van der Waals surface area contributed by atoms with Gasteiger partial charge >= 0.3 is 0 Å². The molecule has 3 rings (SSSR count). The molecule has 0 aliphatic rings. The molecule has 3 aromatic rings. The predicted octanol–water partition coefficient (Wildman–Crippen LogP) is 3.56. The fourth-order valence-corrected chi connectivity index (χ4v) is 3.07. The first-order chi connectivity index (χ1) is 13.3. The Morgan fingerprint density at radius 1 is 1.07 bits per heavy atom. The molecule has 0 aliphatic heterocycles. The first-order valence-corrected chi connectivity index (χ1v) is 8.63. The van der Waals surface area contributed by atoms with Crippen molar-refractivity contribution in [3.8, 4) is 11.4 Å². The van der Waals surface area contributed by atoms with Crippen molar-refractivity contribution >= 4 is 11.6 Å². The number of rotatable bonds is 4. The first kappa shape index (κ1) is 19.3. The van der Waals surface area contributed by atoms with E-state index < -0.39 is 17.3 Å². The van der Waals surface area contributed by atoms with Crippen molar-refractivity contribution in [2.45, 2.75) is 20.8 Å². The number of benzene rings is 2. The van der Waals surface area contributed by atoms with Crippen molar-refractivity contribution in [2.75, 3.05) is 12.4 Å². The first-order valence-electron chi connectivity index (χ1n) is 8.63. The molecule has 0 fully saturated rings. The molecule has 6 nitrogen and oxygen atoms in total. The van der Waals surface area contributed by atoms with E-state index in [-0.39, 0.29) is 11.4 Å². The predicted molar refractivity (Wildman–Crippen MR) is 105 cm³/mol. The summed E-state index contributed by atoms with van der Waals surface area (Å²) >= 11 is 0. The Hall–Kier alpha value is -3.48. The zero-order valence-electron chi connectivity index (χ0n) is 16.0. The lowest BCUT2D eigenvalue weighted by Gasteiger charge is -2.14. The van der Waals surface area contributed by atoms with Gasteiger partial charge in [-0.05, 0) is 56.2 Å². The zero-order valence-corrected chi connectivity index (χ0v) is 16.0. The topological polar surface area (TPSA) is 73.2 Å². The minimum atomic E-state index is -0.511. The number of nitrogens with one attached hydrogen (secondary N) is 1. The molecule has 28 heavy (non-hydrogen) atoms. The molecular formula is C21H20FN3O3. The monoisotopic (exact) mass is 381 g/mol. The highest BCUT2D eigenvalue weighted by Gasteiger charge is 2.19. The van der Waals surface area contributed by atoms with Crippen LogP contribution in [0.4, 0.5) is 10.1 Å². The van der Waals surface area contributed by atoms with Gasteiger partial charge in [0.25, 0.3) is 11.5 Å². The van der Waals surface area contributed by atoms with E-state index in [0.717, 1.165) is 21.4 Å². The Morgan fingerprint density at radius 2 is 1.68 bits per heavy atom. The molecule has 1 aromatic heterocycles. The maximum atomic E-state index is 13.2. The molecule has 1 N–H and O–H groups in total. The van der Waals surface area contributed by atoms with Crippen LogP contribution in [0.5, 0.6) is 5.75 Å². The summed E-state index contributed by atoms with van der Waals surface area (Å²) < 4.78 is 19.4. The second kappa shape index (κ2) is 7.64. The van der Waals surface area contributed by atoms with Crippen molar-refractivity contribution < 1.29 is 13.9 Å². The number of methoxy groups -OCH3 is 1. The van der Waals surface area contributed by atoms with E-state index in [0.29, 0.717) is 11.4 Å². The van der Waals surface area contributed by atoms with Gasteiger partial charge in [-0.15, -0.1) is 0 Å². The summed E-state index contributed by atoms with van der Waals surface area (Å²) in [6.07, 6.45) is 0. The number of carbonyl (C=O) groups is 1. The number of amides is 1. The molecule has 0 spiro atoms. The molecule has 7 heteroatoms. The number of hydrogen-bond donors (Lipinski definition) is 1. The van der Waals surface area contributed by atoms with Crippen LogP contribution < -0.4 is 15.6 Å². The van der Waals surface area contributed by atoms with Crippen molar-refractivity contribution in [2.24, 2.45) is 0 Å². The molecule has 0 radical (unpaired) electrons. The van der Waals surface area contributed by atoms with Crippen LogP contribution >= 0.6 is 0 Å². The van der Waals surface area contributed by atoms with Crippen LogP contribution in [0.3, 0.4) is 0 Å². The number of halogens is 1. The Morgan fingerprint density at radius 3 is 2.25 bits per heavy atom. The fraction of sp³-hybridized carbons (Fsp3) is 0.190. The van der Waals surface area contributed by atoms with Gasteiger partial charge in [0.15, 0.2) is 11.4 Å². The van der Waals surface area contributed by atoms with Gasteiger partial charge in [0.05, 0.1) is 18.9 Å². The standard InChI is InChI=1S/C21H20FN3O3/c1-12-9-13(2)19(14(3)10-12)23-21(27)20-17(28-4)11-18(26)25(24-20)16-7-5-15(22)6-8-16/h5-11H,1-4H3,(H,23,27). The molecule has 0 atom stereocenters. The normalized spacial score (nSPS) is 10.6. The lowest BCUT2D eigenvalue weighted by Crippen LogP contribution is -2.26. The third kappa shape index (κ3) is 3.78. The summed E-state index contributed by atoms with van der Waals surface area (Å²) in [4.78, 5) is 25.3. The highest BCUT2D eigenvalue weighted by atomic mass is 19.1. The highest BCUT2D eigenvalue weighted by molar-refractivity contribution is 6.05. The van der Waals surface area contributed by atoms with E-state index >= 15 is 0 Å². The summed E-state index contributed by atoms with van der Waals surface area (Å²) in [6.45, 7) is 5.79. The number of aromatic nitrogens is 2. The fourth-order valence-electron chi connectivity index (χ4n) is 3.07. The van der Waals surface area contributed by atoms with Gasteiger partial charge in [0.2, 0.25) is 0 Å². The van der Waals surface area contributed by atoms with Gasteiger partial charge in [-0.2, -0.15) is 9.78 Å². The van der Waals surface area contributed by atoms with E-state index in [2.05, 4.69) is 10.4 Å². The lowest BCUT2D eigenvalue weighted by atomic mass is 10.0. The Balaban J connectivity index is 2.05. The summed E-state index contributed by atoms with van der Waals surface area (Å²) in [5.41, 5.74) is 3.39. The zero-order chi connectivity index (χ0) is 20.4. The van der Waals surface area contributed by atoms with Crippen molar-refractivity contribution in [3.63, 3.8) is 0 Å². The molecule has 2 aromatic carbocycles. The third-order valence-electron chi connectivity index (χ3n) is 4.32. The van der Waals surface area contributed by atoms with Crippen LogP contribution in [-0.4, -0.2) is 22.8 Å². The summed E-state index contributed by atoms with van der Waals surface area (Å²) in [5, 5.41) is 7.01. The van der Waals surface area contributed by atoms with Gasteiger partial charge in [-0.3, -0.25) is 9.59 Å². The van der Waals surface area contributed by atoms with E-state index in [1.807, 2.05) is 32.9 Å². The summed E-state index contributed by atoms with van der Waals surface area (Å²) in [6, 6.07) is 10.4. The molecule has 0 unspecified atom stereocenters. The number of hydrogen-bond acceptors (Lipinski definition) is 4. The van der Waals surface area contributed by atoms with Crippen molar-refractivity contribution in [3.05, 3.63) is 81.0 Å². The van der Waals surface area contributed by atoms with Crippen LogP contribution in [0.25, 0.3) is 5.69 Å². The molecule has 0 aliphatic carbocycles. The average Bonchev–Trinajstić information content (AvgIpc) is 2.65. The summed E-state index contributed by atoms with van der Waals surface area (Å²) in [7, 11) is 1.36. The number of nitrogens with zero attached hydrogens (tertiary/aromatic N) is 2. The molecular weight excluding hydrogens is 361 g/mol. The van der Waals surface area contributed by atoms with Gasteiger partial charge in [0, 0.05) is 5.69 Å². The largest absolute Gasteiger partial charge is 0.494 e. The van der Waals surface area contributed by atoms with Crippen molar-refractivity contribution in [1.29, 1.82) is 0 Å². The number of anilines is 1. The average molecular weight is 381 g/mol. The summed E-state index contributed by atoms with van der Waals surface area (Å²) in [5.74, 6) is -0.889. The van der Waals surface area contributed by atoms with E-state index in [9.17, 15) is 14.0 Å². The second-order valence-electron chi connectivity index (χ2n) is 6.52. The number of ether oxygens (including phenoxy) is 1. The molecule has 0 saturated heterocycles. The van der Waals surface area contributed by atoms with Crippen molar-refractivity contribution in [1.82, 2.24) is 9.78 Å². The molecule has 144 valence electrons. The smallest absolute Gasteiger partial charge is 0.280 e. The third-order valence-corrected chi connectivity index (χ3v) is 4.32. The maximum absolute atomic E-state index is 13.2. The van der Waals surface area contributed by atoms with E-state index in [1.54, 1.807) is 0 Å². The van der Waals surface area contributed by atoms with Crippen LogP contribution in [-0.2, 0) is 0 Å². The minimum absolute atomic E-state index is 0.0502. The SMILES string of the molecule is COc1cc(=O)n(-c2ccc(F)cc2)nc1C(=O)Nc1c(C)cc(C)cc1C. The van der Waals surface area contributed by atoms with Crippen LogP contribution in [0.1, 0.15) is 27.2 Å². The minimum Gasteiger partial charge on any atom is -0.494 e. The van der Waals surface area contributed by atoms with E-state index in [4.69, 9.17) is 4.74 Å². The number of aryl methyl sites for hydroxylation is 3. The highest BCUT2D eigenvalue weighted by Crippen LogP contribution is 2.24. The molecule has 1 heterocycles. The quantitative estimate of drug-likeness (QED) is 0.750. The van der Waals surface area contributed by atoms with Gasteiger partial charge in [-0.1, -0.05) is 17.7 Å². The molecule has 0 saturated carbocycles. The molecule has 0 bridgehead atoms. The number of carbonyl (C=O) groups excluding carboxylic acids is 1. The lowest BCUT2D eigenvalue weighted by molar-refractivity contribution is 0.101. The van der Waals surface area contributed by atoms with Gasteiger partial charge < -0.3 is 10.1 Å².